The van der Waals surface area contributed by atoms with E-state index >= 15 is 0 Å². The molecule has 2 rings (SSSR count). The zero-order chi connectivity index (χ0) is 11.8. The fourth-order valence-electron chi connectivity index (χ4n) is 2.78. The van der Waals surface area contributed by atoms with Crippen LogP contribution >= 0.6 is 0 Å². The Morgan fingerprint density at radius 1 is 1.31 bits per heavy atom. The number of aromatic nitrogens is 3. The number of hydrogen-bond donors (Lipinski definition) is 1. The van der Waals surface area contributed by atoms with Gasteiger partial charge in [-0.3, -0.25) is 0 Å². The van der Waals surface area contributed by atoms with Crippen molar-refractivity contribution in [2.45, 2.75) is 64.5 Å². The molecule has 0 atom stereocenters. The monoisotopic (exact) mass is 222 g/mol. The molecule has 1 heterocycles. The largest absolute Gasteiger partial charge is 0.325 e. The SMILES string of the molecule is Cc1nnc(CC2(N)CCCC2)n1C(C)C. The van der Waals surface area contributed by atoms with E-state index in [1.165, 1.54) is 12.8 Å². The number of aryl methyl sites for hydroxylation is 1. The van der Waals surface area contributed by atoms with Crippen LogP contribution in [0.15, 0.2) is 0 Å². The van der Waals surface area contributed by atoms with Crippen molar-refractivity contribution in [3.8, 4) is 0 Å². The molecule has 1 aliphatic rings. The van der Waals surface area contributed by atoms with Gasteiger partial charge in [0.15, 0.2) is 0 Å². The molecule has 0 radical (unpaired) electrons. The van der Waals surface area contributed by atoms with Crippen LogP contribution in [0.2, 0.25) is 0 Å². The van der Waals surface area contributed by atoms with Crippen molar-refractivity contribution in [3.05, 3.63) is 11.6 Å². The number of rotatable bonds is 3. The van der Waals surface area contributed by atoms with Crippen molar-refractivity contribution >= 4 is 0 Å². The standard InChI is InChI=1S/C12H22N4/c1-9(2)16-10(3)14-15-11(16)8-12(13)6-4-5-7-12/h9H,4-8,13H2,1-3H3. The number of hydrogen-bond acceptors (Lipinski definition) is 3. The molecule has 0 unspecified atom stereocenters. The van der Waals surface area contributed by atoms with Gasteiger partial charge in [0.05, 0.1) is 0 Å². The Morgan fingerprint density at radius 3 is 2.50 bits per heavy atom. The highest BCUT2D eigenvalue weighted by Gasteiger charge is 2.31. The lowest BCUT2D eigenvalue weighted by Crippen LogP contribution is -2.39. The molecule has 4 nitrogen and oxygen atoms in total. The fourth-order valence-corrected chi connectivity index (χ4v) is 2.78. The van der Waals surface area contributed by atoms with Crippen LogP contribution in [0.5, 0.6) is 0 Å². The van der Waals surface area contributed by atoms with Crippen LogP contribution in [0.25, 0.3) is 0 Å². The minimum absolute atomic E-state index is 0.0356. The molecule has 1 saturated carbocycles. The van der Waals surface area contributed by atoms with Crippen LogP contribution in [0, 0.1) is 6.92 Å². The van der Waals surface area contributed by atoms with E-state index in [1.54, 1.807) is 0 Å². The molecule has 0 spiro atoms. The van der Waals surface area contributed by atoms with Crippen molar-refractivity contribution in [2.24, 2.45) is 5.73 Å². The van der Waals surface area contributed by atoms with Crippen LogP contribution in [0.3, 0.4) is 0 Å². The van der Waals surface area contributed by atoms with Crippen LogP contribution in [-0.2, 0) is 6.42 Å². The summed E-state index contributed by atoms with van der Waals surface area (Å²) in [6.45, 7) is 6.34. The van der Waals surface area contributed by atoms with Gasteiger partial charge in [0.2, 0.25) is 0 Å². The first-order chi connectivity index (χ1) is 7.52. The van der Waals surface area contributed by atoms with E-state index < -0.39 is 0 Å². The summed E-state index contributed by atoms with van der Waals surface area (Å²) in [6.07, 6.45) is 5.62. The van der Waals surface area contributed by atoms with Gasteiger partial charge in [0, 0.05) is 18.0 Å². The maximum Gasteiger partial charge on any atom is 0.135 e. The second-order valence-corrected chi connectivity index (χ2v) is 5.37. The molecule has 1 aromatic rings. The molecule has 1 fully saturated rings. The number of nitrogens with zero attached hydrogens (tertiary/aromatic N) is 3. The molecule has 0 bridgehead atoms. The summed E-state index contributed by atoms with van der Waals surface area (Å²) >= 11 is 0. The first kappa shape index (κ1) is 11.6. The summed E-state index contributed by atoms with van der Waals surface area (Å²) < 4.78 is 2.20. The topological polar surface area (TPSA) is 56.7 Å². The average Bonchev–Trinajstić information content (AvgIpc) is 2.74. The predicted octanol–water partition coefficient (Wildman–Crippen LogP) is 1.98. The average molecular weight is 222 g/mol. The van der Waals surface area contributed by atoms with Crippen LogP contribution < -0.4 is 5.73 Å². The zero-order valence-corrected chi connectivity index (χ0v) is 10.5. The van der Waals surface area contributed by atoms with Gasteiger partial charge in [-0.25, -0.2) is 0 Å². The van der Waals surface area contributed by atoms with Gasteiger partial charge in [-0.2, -0.15) is 0 Å². The Bertz CT molecular complexity index is 361. The molecule has 1 aliphatic carbocycles. The van der Waals surface area contributed by atoms with E-state index in [0.29, 0.717) is 6.04 Å². The Kier molecular flexibility index (Phi) is 3.02. The molecule has 0 amide bonds. The lowest BCUT2D eigenvalue weighted by molar-refractivity contribution is 0.409. The van der Waals surface area contributed by atoms with Crippen molar-refractivity contribution < 1.29 is 0 Å². The maximum absolute atomic E-state index is 6.39. The van der Waals surface area contributed by atoms with E-state index in [0.717, 1.165) is 30.9 Å². The first-order valence-corrected chi connectivity index (χ1v) is 6.21. The van der Waals surface area contributed by atoms with E-state index in [9.17, 15) is 0 Å². The van der Waals surface area contributed by atoms with Crippen LogP contribution in [-0.4, -0.2) is 20.3 Å². The Morgan fingerprint density at radius 2 is 1.94 bits per heavy atom. The molecular weight excluding hydrogens is 200 g/mol. The quantitative estimate of drug-likeness (QED) is 0.850. The second kappa shape index (κ2) is 4.17. The van der Waals surface area contributed by atoms with Crippen LogP contribution in [0.1, 0.15) is 57.2 Å². The molecule has 0 saturated heterocycles. The van der Waals surface area contributed by atoms with Gasteiger partial charge in [-0.15, -0.1) is 10.2 Å². The lowest BCUT2D eigenvalue weighted by atomic mass is 9.94. The molecule has 0 aromatic carbocycles. The van der Waals surface area contributed by atoms with Crippen molar-refractivity contribution in [1.82, 2.24) is 14.8 Å². The Labute approximate surface area is 97.2 Å². The zero-order valence-electron chi connectivity index (χ0n) is 10.5. The summed E-state index contributed by atoms with van der Waals surface area (Å²) in [4.78, 5) is 0. The lowest BCUT2D eigenvalue weighted by Gasteiger charge is -2.24. The second-order valence-electron chi connectivity index (χ2n) is 5.37. The third-order valence-corrected chi connectivity index (χ3v) is 3.56. The molecule has 90 valence electrons. The molecule has 2 N–H and O–H groups in total. The van der Waals surface area contributed by atoms with Crippen molar-refractivity contribution in [2.75, 3.05) is 0 Å². The van der Waals surface area contributed by atoms with E-state index in [4.69, 9.17) is 5.73 Å². The first-order valence-electron chi connectivity index (χ1n) is 6.21. The minimum atomic E-state index is -0.0356. The highest BCUT2D eigenvalue weighted by Crippen LogP contribution is 2.30. The van der Waals surface area contributed by atoms with Gasteiger partial charge >= 0.3 is 0 Å². The maximum atomic E-state index is 6.39. The fraction of sp³-hybridized carbons (Fsp3) is 0.833. The summed E-state index contributed by atoms with van der Waals surface area (Å²) in [5.41, 5.74) is 6.35. The van der Waals surface area contributed by atoms with Gasteiger partial charge in [-0.1, -0.05) is 12.8 Å². The summed E-state index contributed by atoms with van der Waals surface area (Å²) in [5, 5.41) is 8.45. The summed E-state index contributed by atoms with van der Waals surface area (Å²) in [5.74, 6) is 2.04. The molecular formula is C12H22N4. The van der Waals surface area contributed by atoms with Gasteiger partial charge in [-0.05, 0) is 33.6 Å². The highest BCUT2D eigenvalue weighted by atomic mass is 15.3. The van der Waals surface area contributed by atoms with E-state index in [1.807, 2.05) is 6.92 Å². The highest BCUT2D eigenvalue weighted by molar-refractivity contribution is 5.04. The molecule has 16 heavy (non-hydrogen) atoms. The number of nitrogens with two attached hydrogens (primary N) is 1. The summed E-state index contributed by atoms with van der Waals surface area (Å²) in [7, 11) is 0. The molecule has 0 aliphatic heterocycles. The van der Waals surface area contributed by atoms with Crippen molar-refractivity contribution in [1.29, 1.82) is 0 Å². The van der Waals surface area contributed by atoms with Gasteiger partial charge in [0.25, 0.3) is 0 Å². The smallest absolute Gasteiger partial charge is 0.135 e. The van der Waals surface area contributed by atoms with Gasteiger partial charge < -0.3 is 10.3 Å². The molecule has 4 heteroatoms. The third-order valence-electron chi connectivity index (χ3n) is 3.56. The van der Waals surface area contributed by atoms with Crippen molar-refractivity contribution in [3.63, 3.8) is 0 Å². The Hall–Kier alpha value is -0.900. The van der Waals surface area contributed by atoms with Gasteiger partial charge in [0.1, 0.15) is 11.6 Å². The third kappa shape index (κ3) is 2.12. The van der Waals surface area contributed by atoms with E-state index in [-0.39, 0.29) is 5.54 Å². The summed E-state index contributed by atoms with van der Waals surface area (Å²) in [6, 6.07) is 0.412. The van der Waals surface area contributed by atoms with E-state index in [2.05, 4.69) is 28.6 Å². The molecule has 1 aromatic heterocycles. The van der Waals surface area contributed by atoms with Crippen LogP contribution in [0.4, 0.5) is 0 Å². The Balaban J connectivity index is 2.21. The minimum Gasteiger partial charge on any atom is -0.325 e. The predicted molar refractivity (Wildman–Crippen MR) is 64.2 cm³/mol. The normalized spacial score (nSPS) is 19.6.